The van der Waals surface area contributed by atoms with Crippen LogP contribution in [-0.4, -0.2) is 45.2 Å². The molecule has 0 radical (unpaired) electrons. The quantitative estimate of drug-likeness (QED) is 0.242. The summed E-state index contributed by atoms with van der Waals surface area (Å²) in [7, 11) is 0. The van der Waals surface area contributed by atoms with E-state index in [0.29, 0.717) is 46.8 Å². The Morgan fingerprint density at radius 3 is 2.23 bits per heavy atom. The number of amides is 4. The SMILES string of the molecule is CCCN1C(=O)C2CC=C3C(CC4C(=O)N(Nc5ccc(F)cc5)C(=O)C4(c4ccc(Cl)cc4)C3c3cc(C)c(O)c(C)c3)C2C1=O. The molecule has 2 heterocycles. The van der Waals surface area contributed by atoms with Gasteiger partial charge >= 0.3 is 0 Å². The van der Waals surface area contributed by atoms with Crippen LogP contribution in [0.4, 0.5) is 10.1 Å². The van der Waals surface area contributed by atoms with Crippen LogP contribution in [-0.2, 0) is 24.6 Å². The predicted molar refractivity (Wildman–Crippen MR) is 174 cm³/mol. The van der Waals surface area contributed by atoms with E-state index in [4.69, 9.17) is 11.6 Å². The van der Waals surface area contributed by atoms with Gasteiger partial charge in [-0.3, -0.25) is 29.5 Å². The van der Waals surface area contributed by atoms with Crippen molar-refractivity contribution in [1.82, 2.24) is 9.91 Å². The highest BCUT2D eigenvalue weighted by Crippen LogP contribution is 2.64. The van der Waals surface area contributed by atoms with E-state index in [1.807, 2.05) is 25.1 Å². The third-order valence-corrected chi connectivity index (χ3v) is 10.9. The Balaban J connectivity index is 1.47. The highest BCUT2D eigenvalue weighted by molar-refractivity contribution is 6.30. The first-order valence-electron chi connectivity index (χ1n) is 16.0. The van der Waals surface area contributed by atoms with E-state index in [-0.39, 0.29) is 24.0 Å². The molecule has 8 nitrogen and oxygen atoms in total. The van der Waals surface area contributed by atoms with Gasteiger partial charge in [-0.25, -0.2) is 4.39 Å². The number of rotatable bonds is 6. The molecular formula is C37H35ClFN3O5. The molecule has 0 aromatic heterocycles. The molecule has 6 atom stereocenters. The van der Waals surface area contributed by atoms with Crippen molar-refractivity contribution in [3.05, 3.63) is 105 Å². The van der Waals surface area contributed by atoms with Crippen LogP contribution in [0.2, 0.25) is 5.02 Å². The number of imide groups is 2. The minimum Gasteiger partial charge on any atom is -0.507 e. The number of phenolic OH excluding ortho intramolecular Hbond substituents is 1. The number of likely N-dealkylation sites (tertiary alicyclic amines) is 1. The summed E-state index contributed by atoms with van der Waals surface area (Å²) in [4.78, 5) is 58.6. The molecule has 2 aliphatic carbocycles. The molecule has 7 rings (SSSR count). The zero-order chi connectivity index (χ0) is 33.4. The molecule has 3 aromatic carbocycles. The van der Waals surface area contributed by atoms with Crippen molar-refractivity contribution < 1.29 is 28.7 Å². The number of aromatic hydroxyl groups is 1. The Labute approximate surface area is 277 Å². The summed E-state index contributed by atoms with van der Waals surface area (Å²) in [5.74, 6) is -5.01. The van der Waals surface area contributed by atoms with Crippen LogP contribution in [0.1, 0.15) is 54.4 Å². The lowest BCUT2D eigenvalue weighted by molar-refractivity contribution is -0.141. The molecule has 2 N–H and O–H groups in total. The number of allylic oxidation sites excluding steroid dienone is 2. The number of halogens is 2. The van der Waals surface area contributed by atoms with E-state index < -0.39 is 52.6 Å². The van der Waals surface area contributed by atoms with Gasteiger partial charge in [0.2, 0.25) is 11.8 Å². The van der Waals surface area contributed by atoms with E-state index in [2.05, 4.69) is 5.43 Å². The van der Waals surface area contributed by atoms with Gasteiger partial charge in [-0.15, -0.1) is 0 Å². The van der Waals surface area contributed by atoms with Crippen molar-refractivity contribution in [2.75, 3.05) is 12.0 Å². The van der Waals surface area contributed by atoms with Crippen LogP contribution in [0.15, 0.2) is 72.3 Å². The fourth-order valence-electron chi connectivity index (χ4n) is 8.70. The number of nitrogens with zero attached hydrogens (tertiary/aromatic N) is 2. The molecule has 10 heteroatoms. The summed E-state index contributed by atoms with van der Waals surface area (Å²) in [6.45, 7) is 5.83. The number of aryl methyl sites for hydroxylation is 2. The topological polar surface area (TPSA) is 107 Å². The number of fused-ring (bicyclic) bond motifs is 4. The smallest absolute Gasteiger partial charge is 0.260 e. The van der Waals surface area contributed by atoms with Gasteiger partial charge in [-0.1, -0.05) is 54.4 Å². The van der Waals surface area contributed by atoms with Gasteiger partial charge in [0, 0.05) is 17.5 Å². The molecule has 2 aliphatic heterocycles. The van der Waals surface area contributed by atoms with Gasteiger partial charge in [0.25, 0.3) is 11.8 Å². The number of carbonyl (C=O) groups is 4. The second-order valence-electron chi connectivity index (χ2n) is 13.2. The van der Waals surface area contributed by atoms with E-state index >= 15 is 4.79 Å². The Morgan fingerprint density at radius 1 is 0.936 bits per heavy atom. The number of carbonyl (C=O) groups excluding carboxylic acids is 4. The predicted octanol–water partition coefficient (Wildman–Crippen LogP) is 6.20. The Bertz CT molecular complexity index is 1840. The fourth-order valence-corrected chi connectivity index (χ4v) is 8.82. The molecular weight excluding hydrogens is 621 g/mol. The standard InChI is InChI=1S/C37H35ClFN3O5/c1-4-15-41-33(44)27-14-13-26-28(30(27)35(41)46)18-29-34(45)42(40-25-11-9-24(39)10-12-25)36(47)37(29,22-5-7-23(38)8-6-22)31(26)21-16-19(2)32(43)20(3)17-21/h5-13,16-17,27-31,40,43H,4,14-15,18H2,1-3H3. The van der Waals surface area contributed by atoms with Crippen LogP contribution >= 0.6 is 11.6 Å². The maximum Gasteiger partial charge on any atom is 0.260 e. The number of hydrogen-bond acceptors (Lipinski definition) is 6. The first kappa shape index (κ1) is 31.1. The second-order valence-corrected chi connectivity index (χ2v) is 13.6. The minimum atomic E-state index is -1.46. The van der Waals surface area contributed by atoms with E-state index in [1.54, 1.807) is 38.1 Å². The van der Waals surface area contributed by atoms with Crippen molar-refractivity contribution in [3.63, 3.8) is 0 Å². The number of hydrogen-bond donors (Lipinski definition) is 2. The number of nitrogens with one attached hydrogen (secondary N) is 1. The molecule has 0 bridgehead atoms. The maximum atomic E-state index is 15.1. The van der Waals surface area contributed by atoms with Gasteiger partial charge in [-0.2, -0.15) is 5.01 Å². The Morgan fingerprint density at radius 2 is 1.60 bits per heavy atom. The normalized spacial score (nSPS) is 28.3. The largest absolute Gasteiger partial charge is 0.507 e. The van der Waals surface area contributed by atoms with Crippen molar-refractivity contribution in [2.24, 2.45) is 23.7 Å². The van der Waals surface area contributed by atoms with E-state index in [9.17, 15) is 23.9 Å². The van der Waals surface area contributed by atoms with E-state index in [1.165, 1.54) is 29.2 Å². The van der Waals surface area contributed by atoms with Crippen molar-refractivity contribution in [1.29, 1.82) is 0 Å². The first-order chi connectivity index (χ1) is 22.5. The Hall–Kier alpha value is -4.50. The fraction of sp³-hybridized carbons (Fsp3) is 0.351. The van der Waals surface area contributed by atoms with Gasteiger partial charge in [0.15, 0.2) is 0 Å². The van der Waals surface area contributed by atoms with Crippen LogP contribution in [0, 0.1) is 43.3 Å². The molecule has 3 fully saturated rings. The number of benzene rings is 3. The summed E-state index contributed by atoms with van der Waals surface area (Å²) in [5, 5.41) is 12.3. The number of hydrazine groups is 1. The molecule has 47 heavy (non-hydrogen) atoms. The van der Waals surface area contributed by atoms with Crippen LogP contribution in [0.25, 0.3) is 0 Å². The number of phenols is 1. The lowest BCUT2D eigenvalue weighted by Crippen LogP contribution is -2.53. The van der Waals surface area contributed by atoms with Gasteiger partial charge in [0.05, 0.1) is 28.9 Å². The van der Waals surface area contributed by atoms with Crippen molar-refractivity contribution >= 4 is 40.9 Å². The summed E-state index contributed by atoms with van der Waals surface area (Å²) in [5.41, 5.74) is 5.21. The lowest BCUT2D eigenvalue weighted by Gasteiger charge is -2.50. The zero-order valence-electron chi connectivity index (χ0n) is 26.3. The molecule has 2 saturated heterocycles. The van der Waals surface area contributed by atoms with E-state index in [0.717, 1.165) is 16.1 Å². The molecule has 3 aromatic rings. The molecule has 4 amide bonds. The van der Waals surface area contributed by atoms with Gasteiger partial charge in [0.1, 0.15) is 11.6 Å². The zero-order valence-corrected chi connectivity index (χ0v) is 27.1. The van der Waals surface area contributed by atoms with Crippen LogP contribution in [0.5, 0.6) is 5.75 Å². The summed E-state index contributed by atoms with van der Waals surface area (Å²) >= 11 is 6.34. The molecule has 242 valence electrons. The molecule has 1 saturated carbocycles. The van der Waals surface area contributed by atoms with Crippen LogP contribution in [0.3, 0.4) is 0 Å². The summed E-state index contributed by atoms with van der Waals surface area (Å²) in [6, 6.07) is 16.0. The molecule has 6 unspecified atom stereocenters. The summed E-state index contributed by atoms with van der Waals surface area (Å²) in [6.07, 6.45) is 3.16. The minimum absolute atomic E-state index is 0.135. The summed E-state index contributed by atoms with van der Waals surface area (Å²) < 4.78 is 13.8. The van der Waals surface area contributed by atoms with Gasteiger partial charge in [-0.05, 0) is 97.7 Å². The lowest BCUT2D eigenvalue weighted by atomic mass is 9.49. The highest BCUT2D eigenvalue weighted by atomic mass is 35.5. The number of anilines is 1. The first-order valence-corrected chi connectivity index (χ1v) is 16.4. The van der Waals surface area contributed by atoms with Crippen LogP contribution < -0.4 is 5.43 Å². The monoisotopic (exact) mass is 655 g/mol. The maximum absolute atomic E-state index is 15.1. The van der Waals surface area contributed by atoms with Gasteiger partial charge < -0.3 is 5.11 Å². The van der Waals surface area contributed by atoms with Crippen molar-refractivity contribution in [2.45, 2.75) is 51.4 Å². The average Bonchev–Trinajstić information content (AvgIpc) is 3.42. The third-order valence-electron chi connectivity index (χ3n) is 10.6. The average molecular weight is 656 g/mol. The molecule has 4 aliphatic rings. The molecule has 0 spiro atoms. The van der Waals surface area contributed by atoms with Crippen molar-refractivity contribution in [3.8, 4) is 5.75 Å². The Kier molecular flexibility index (Phi) is 7.50. The highest BCUT2D eigenvalue weighted by Gasteiger charge is 2.70. The third kappa shape index (κ3) is 4.53. The second kappa shape index (κ2) is 11.3.